The first-order valence-corrected chi connectivity index (χ1v) is 8.80. The van der Waals surface area contributed by atoms with E-state index >= 15 is 0 Å². The van der Waals surface area contributed by atoms with Gasteiger partial charge in [0.05, 0.1) is 0 Å². The first-order chi connectivity index (χ1) is 10.2. The van der Waals surface area contributed by atoms with E-state index in [1.54, 1.807) is 0 Å². The van der Waals surface area contributed by atoms with E-state index in [1.807, 2.05) is 0 Å². The Balaban J connectivity index is 1.56. The predicted molar refractivity (Wildman–Crippen MR) is 85.1 cm³/mol. The molecule has 0 atom stereocenters. The normalized spacial score (nSPS) is 23.3. The molecular formula is C17H32N2O2. The third kappa shape index (κ3) is 4.68. The number of nitrogens with one attached hydrogen (secondary N) is 1. The number of carbonyl (C=O) groups is 1. The molecule has 1 saturated carbocycles. The van der Waals surface area contributed by atoms with Crippen LogP contribution in [0.4, 0.5) is 0 Å². The summed E-state index contributed by atoms with van der Waals surface area (Å²) in [6, 6.07) is 0. The number of amides is 1. The Hall–Kier alpha value is -0.610. The maximum absolute atomic E-state index is 11.9. The van der Waals surface area contributed by atoms with Crippen molar-refractivity contribution in [1.29, 1.82) is 0 Å². The minimum absolute atomic E-state index is 0.174. The number of aliphatic hydroxyl groups excluding tert-OH is 1. The standard InChI is InChI=1S/C17H32N2O2/c1-2-17(14-20)8-12-19(13-9-17)11-5-10-18-16(21)15-6-3-4-7-15/h15,20H,2-14H2,1H3,(H,18,21). The lowest BCUT2D eigenvalue weighted by Crippen LogP contribution is -2.42. The van der Waals surface area contributed by atoms with Crippen molar-refractivity contribution in [3.63, 3.8) is 0 Å². The minimum atomic E-state index is 0.174. The molecule has 1 aliphatic carbocycles. The van der Waals surface area contributed by atoms with Crippen LogP contribution in [0.25, 0.3) is 0 Å². The summed E-state index contributed by atoms with van der Waals surface area (Å²) in [6.45, 7) is 6.57. The lowest BCUT2D eigenvalue weighted by Gasteiger charge is -2.40. The van der Waals surface area contributed by atoms with Crippen molar-refractivity contribution in [2.45, 2.75) is 58.3 Å². The molecule has 2 rings (SSSR count). The van der Waals surface area contributed by atoms with Crippen LogP contribution >= 0.6 is 0 Å². The van der Waals surface area contributed by atoms with Crippen LogP contribution in [0.3, 0.4) is 0 Å². The van der Waals surface area contributed by atoms with Crippen molar-refractivity contribution in [1.82, 2.24) is 10.2 Å². The molecule has 4 heteroatoms. The Morgan fingerprint density at radius 2 is 1.95 bits per heavy atom. The molecule has 1 saturated heterocycles. The van der Waals surface area contributed by atoms with Gasteiger partial charge in [-0.05, 0) is 63.6 Å². The van der Waals surface area contributed by atoms with Crippen molar-refractivity contribution in [2.24, 2.45) is 11.3 Å². The Kier molecular flexibility index (Phi) is 6.49. The smallest absolute Gasteiger partial charge is 0.223 e. The van der Waals surface area contributed by atoms with Crippen LogP contribution < -0.4 is 5.32 Å². The van der Waals surface area contributed by atoms with Gasteiger partial charge in [-0.3, -0.25) is 4.79 Å². The molecule has 2 N–H and O–H groups in total. The Bertz CT molecular complexity index is 313. The summed E-state index contributed by atoms with van der Waals surface area (Å²) < 4.78 is 0. The maximum atomic E-state index is 11.9. The van der Waals surface area contributed by atoms with Crippen LogP contribution in [-0.2, 0) is 4.79 Å². The highest BCUT2D eigenvalue weighted by atomic mass is 16.3. The Morgan fingerprint density at radius 3 is 2.52 bits per heavy atom. The molecule has 1 aliphatic heterocycles. The number of likely N-dealkylation sites (tertiary alicyclic amines) is 1. The zero-order chi connectivity index (χ0) is 15.1. The SMILES string of the molecule is CCC1(CO)CCN(CCCNC(=O)C2CCCC2)CC1. The second kappa shape index (κ2) is 8.14. The molecule has 2 fully saturated rings. The second-order valence-corrected chi connectivity index (χ2v) is 6.98. The number of rotatable bonds is 7. The molecule has 21 heavy (non-hydrogen) atoms. The monoisotopic (exact) mass is 296 g/mol. The van der Waals surface area contributed by atoms with Crippen molar-refractivity contribution < 1.29 is 9.90 Å². The van der Waals surface area contributed by atoms with E-state index in [0.717, 1.165) is 64.7 Å². The fourth-order valence-corrected chi connectivity index (χ4v) is 3.72. The van der Waals surface area contributed by atoms with Crippen molar-refractivity contribution >= 4 is 5.91 Å². The van der Waals surface area contributed by atoms with E-state index in [4.69, 9.17) is 0 Å². The van der Waals surface area contributed by atoms with Crippen LogP contribution in [-0.4, -0.2) is 48.7 Å². The first-order valence-electron chi connectivity index (χ1n) is 8.80. The highest BCUT2D eigenvalue weighted by Gasteiger charge is 2.32. The topological polar surface area (TPSA) is 52.6 Å². The highest BCUT2D eigenvalue weighted by molar-refractivity contribution is 5.78. The summed E-state index contributed by atoms with van der Waals surface area (Å²) in [5.41, 5.74) is 0.174. The Morgan fingerprint density at radius 1 is 1.29 bits per heavy atom. The van der Waals surface area contributed by atoms with Crippen LogP contribution in [0.1, 0.15) is 58.3 Å². The molecule has 0 aromatic carbocycles. The molecule has 0 spiro atoms. The molecule has 1 heterocycles. The molecular weight excluding hydrogens is 264 g/mol. The van der Waals surface area contributed by atoms with Gasteiger partial charge in [0.1, 0.15) is 0 Å². The van der Waals surface area contributed by atoms with Gasteiger partial charge in [0.2, 0.25) is 5.91 Å². The summed E-state index contributed by atoms with van der Waals surface area (Å²) in [5.74, 6) is 0.561. The number of hydrogen-bond acceptors (Lipinski definition) is 3. The van der Waals surface area contributed by atoms with Gasteiger partial charge >= 0.3 is 0 Å². The number of nitrogens with zero attached hydrogens (tertiary/aromatic N) is 1. The minimum Gasteiger partial charge on any atom is -0.396 e. The van der Waals surface area contributed by atoms with Crippen LogP contribution in [0, 0.1) is 11.3 Å². The van der Waals surface area contributed by atoms with E-state index in [0.29, 0.717) is 6.61 Å². The molecule has 2 aliphatic rings. The maximum Gasteiger partial charge on any atom is 0.223 e. The van der Waals surface area contributed by atoms with Crippen molar-refractivity contribution in [3.05, 3.63) is 0 Å². The molecule has 0 aromatic heterocycles. The third-order valence-electron chi connectivity index (χ3n) is 5.68. The molecule has 4 nitrogen and oxygen atoms in total. The second-order valence-electron chi connectivity index (χ2n) is 6.98. The van der Waals surface area contributed by atoms with E-state index in [2.05, 4.69) is 17.1 Å². The first kappa shape index (κ1) is 16.8. The van der Waals surface area contributed by atoms with E-state index < -0.39 is 0 Å². The van der Waals surface area contributed by atoms with Gasteiger partial charge in [-0.1, -0.05) is 19.8 Å². The number of aliphatic hydroxyl groups is 1. The van der Waals surface area contributed by atoms with Gasteiger partial charge in [0.15, 0.2) is 0 Å². The summed E-state index contributed by atoms with van der Waals surface area (Å²) >= 11 is 0. The average molecular weight is 296 g/mol. The van der Waals surface area contributed by atoms with Gasteiger partial charge in [0, 0.05) is 19.1 Å². The predicted octanol–water partition coefficient (Wildman–Crippen LogP) is 2.17. The van der Waals surface area contributed by atoms with Crippen molar-refractivity contribution in [2.75, 3.05) is 32.8 Å². The number of carbonyl (C=O) groups excluding carboxylic acids is 1. The van der Waals surface area contributed by atoms with E-state index in [9.17, 15) is 9.90 Å². The molecule has 0 radical (unpaired) electrons. The zero-order valence-electron chi connectivity index (χ0n) is 13.6. The number of piperidine rings is 1. The van der Waals surface area contributed by atoms with E-state index in [-0.39, 0.29) is 17.2 Å². The lowest BCUT2D eigenvalue weighted by atomic mass is 9.77. The highest BCUT2D eigenvalue weighted by Crippen LogP contribution is 2.34. The van der Waals surface area contributed by atoms with Crippen LogP contribution in [0.15, 0.2) is 0 Å². The average Bonchev–Trinajstić information content (AvgIpc) is 3.06. The molecule has 0 bridgehead atoms. The number of hydrogen-bond donors (Lipinski definition) is 2. The third-order valence-corrected chi connectivity index (χ3v) is 5.68. The summed E-state index contributed by atoms with van der Waals surface area (Å²) in [5, 5.41) is 12.6. The van der Waals surface area contributed by atoms with Gasteiger partial charge in [-0.15, -0.1) is 0 Å². The van der Waals surface area contributed by atoms with Crippen LogP contribution in [0.2, 0.25) is 0 Å². The fourth-order valence-electron chi connectivity index (χ4n) is 3.72. The van der Waals surface area contributed by atoms with Gasteiger partial charge in [-0.25, -0.2) is 0 Å². The largest absolute Gasteiger partial charge is 0.396 e. The van der Waals surface area contributed by atoms with Crippen LogP contribution in [0.5, 0.6) is 0 Å². The zero-order valence-corrected chi connectivity index (χ0v) is 13.6. The summed E-state index contributed by atoms with van der Waals surface area (Å²) in [6.07, 6.45) is 8.93. The van der Waals surface area contributed by atoms with Gasteiger partial charge < -0.3 is 15.3 Å². The molecule has 1 amide bonds. The lowest BCUT2D eigenvalue weighted by molar-refractivity contribution is -0.124. The Labute approximate surface area is 129 Å². The van der Waals surface area contributed by atoms with E-state index in [1.165, 1.54) is 12.8 Å². The molecule has 0 unspecified atom stereocenters. The quantitative estimate of drug-likeness (QED) is 0.708. The summed E-state index contributed by atoms with van der Waals surface area (Å²) in [7, 11) is 0. The fraction of sp³-hybridized carbons (Fsp3) is 0.941. The molecule has 122 valence electrons. The van der Waals surface area contributed by atoms with Crippen molar-refractivity contribution in [3.8, 4) is 0 Å². The molecule has 0 aromatic rings. The van der Waals surface area contributed by atoms with Gasteiger partial charge in [0.25, 0.3) is 0 Å². The van der Waals surface area contributed by atoms with Gasteiger partial charge in [-0.2, -0.15) is 0 Å². The summed E-state index contributed by atoms with van der Waals surface area (Å²) in [4.78, 5) is 14.4.